The molecule has 3 aromatic carbocycles. The molecule has 1 heterocycles. The van der Waals surface area contributed by atoms with Crippen LogP contribution in [0.1, 0.15) is 34.1 Å². The van der Waals surface area contributed by atoms with E-state index in [0.29, 0.717) is 11.3 Å². The highest BCUT2D eigenvalue weighted by Crippen LogP contribution is 2.25. The fourth-order valence-corrected chi connectivity index (χ4v) is 3.72. The number of hydrogen-bond acceptors (Lipinski definition) is 3. The fraction of sp³-hybridized carbons (Fsp3) is 0.115. The number of carbonyl (C=O) groups excluding carboxylic acids is 2. The Bertz CT molecular complexity index is 1290. The molecule has 2 amide bonds. The van der Waals surface area contributed by atoms with Gasteiger partial charge in [-0.25, -0.2) is 5.43 Å². The minimum absolute atomic E-state index is 0.159. The molecule has 0 spiro atoms. The van der Waals surface area contributed by atoms with Crippen molar-refractivity contribution in [2.75, 3.05) is 5.32 Å². The normalized spacial score (nSPS) is 11.1. The number of hydrazone groups is 1. The summed E-state index contributed by atoms with van der Waals surface area (Å²) in [6.07, 6.45) is 1.70. The summed E-state index contributed by atoms with van der Waals surface area (Å²) in [7, 11) is 0. The van der Waals surface area contributed by atoms with Gasteiger partial charge in [-0.1, -0.05) is 48.5 Å². The van der Waals surface area contributed by atoms with E-state index in [1.54, 1.807) is 30.5 Å². The lowest BCUT2D eigenvalue weighted by molar-refractivity contribution is -0.114. The summed E-state index contributed by atoms with van der Waals surface area (Å²) in [5.74, 6) is -0.477. The molecule has 0 aliphatic heterocycles. The molecular formula is C26H24N4O2. The molecule has 160 valence electrons. The molecule has 32 heavy (non-hydrogen) atoms. The van der Waals surface area contributed by atoms with Crippen LogP contribution < -0.4 is 10.7 Å². The Balaban J connectivity index is 1.54. The molecule has 0 fully saturated rings. The van der Waals surface area contributed by atoms with Crippen molar-refractivity contribution in [2.45, 2.75) is 20.4 Å². The number of para-hydroxylation sites is 1. The summed E-state index contributed by atoms with van der Waals surface area (Å²) >= 11 is 0. The van der Waals surface area contributed by atoms with E-state index in [1.807, 2.05) is 30.3 Å². The first-order valence-corrected chi connectivity index (χ1v) is 10.4. The van der Waals surface area contributed by atoms with Gasteiger partial charge in [-0.15, -0.1) is 0 Å². The number of hydrogen-bond donors (Lipinski definition) is 2. The van der Waals surface area contributed by atoms with Crippen molar-refractivity contribution in [1.29, 1.82) is 0 Å². The van der Waals surface area contributed by atoms with Gasteiger partial charge in [0, 0.05) is 46.9 Å². The van der Waals surface area contributed by atoms with Crippen LogP contribution in [0.25, 0.3) is 10.9 Å². The molecule has 6 nitrogen and oxygen atoms in total. The second kappa shape index (κ2) is 9.31. The van der Waals surface area contributed by atoms with Gasteiger partial charge in [-0.05, 0) is 42.8 Å². The number of nitrogens with zero attached hydrogens (tertiary/aromatic N) is 2. The molecule has 0 saturated carbocycles. The fourth-order valence-electron chi connectivity index (χ4n) is 3.72. The lowest BCUT2D eigenvalue weighted by atomic mass is 10.1. The van der Waals surface area contributed by atoms with Crippen molar-refractivity contribution in [3.8, 4) is 0 Å². The van der Waals surface area contributed by atoms with Gasteiger partial charge in [0.05, 0.1) is 6.21 Å². The largest absolute Gasteiger partial charge is 0.340 e. The number of nitrogens with one attached hydrogen (secondary N) is 2. The number of carbonyl (C=O) groups is 2. The highest BCUT2D eigenvalue weighted by molar-refractivity contribution is 6.02. The van der Waals surface area contributed by atoms with Crippen LogP contribution in [0.2, 0.25) is 0 Å². The van der Waals surface area contributed by atoms with Crippen molar-refractivity contribution >= 4 is 34.6 Å². The Kier molecular flexibility index (Phi) is 6.12. The molecule has 6 heteroatoms. The van der Waals surface area contributed by atoms with Gasteiger partial charge < -0.3 is 9.88 Å². The van der Waals surface area contributed by atoms with Crippen LogP contribution in [0, 0.1) is 6.92 Å². The van der Waals surface area contributed by atoms with Crippen LogP contribution in [0.4, 0.5) is 5.69 Å². The van der Waals surface area contributed by atoms with Crippen LogP contribution in [0.15, 0.2) is 84.0 Å². The SMILES string of the molecule is CC(=O)Nc1ccc(C(=O)NN=Cc2c(C)n(Cc3ccccc3)c3ccccc23)cc1. The topological polar surface area (TPSA) is 75.5 Å². The number of fused-ring (bicyclic) bond motifs is 1. The van der Waals surface area contributed by atoms with Crippen LogP contribution in [0.3, 0.4) is 0 Å². The number of benzene rings is 3. The molecule has 0 saturated heterocycles. The lowest BCUT2D eigenvalue weighted by Crippen LogP contribution is -2.17. The second-order valence-electron chi connectivity index (χ2n) is 7.55. The first-order chi connectivity index (χ1) is 15.5. The van der Waals surface area contributed by atoms with E-state index in [0.717, 1.165) is 28.7 Å². The summed E-state index contributed by atoms with van der Waals surface area (Å²) in [6.45, 7) is 4.26. The molecular weight excluding hydrogens is 400 g/mol. The van der Waals surface area contributed by atoms with Gasteiger partial charge in [0.2, 0.25) is 5.91 Å². The zero-order valence-corrected chi connectivity index (χ0v) is 18.0. The standard InChI is InChI=1S/C26H24N4O2/c1-18-24(16-27-29-26(32)21-12-14-22(15-13-21)28-19(2)31)23-10-6-7-11-25(23)30(18)17-20-8-4-3-5-9-20/h3-16H,17H2,1-2H3,(H,28,31)(H,29,32). The highest BCUT2D eigenvalue weighted by atomic mass is 16.2. The average Bonchev–Trinajstić information content (AvgIpc) is 3.06. The molecule has 0 aliphatic rings. The molecule has 0 unspecified atom stereocenters. The van der Waals surface area contributed by atoms with Crippen molar-refractivity contribution in [3.05, 3.63) is 101 Å². The number of anilines is 1. The van der Waals surface area contributed by atoms with Crippen molar-refractivity contribution in [3.63, 3.8) is 0 Å². The zero-order valence-electron chi connectivity index (χ0n) is 18.0. The monoisotopic (exact) mass is 424 g/mol. The van der Waals surface area contributed by atoms with E-state index in [2.05, 4.69) is 51.6 Å². The predicted octanol–water partition coefficient (Wildman–Crippen LogP) is 4.72. The van der Waals surface area contributed by atoms with Gasteiger partial charge >= 0.3 is 0 Å². The minimum atomic E-state index is -0.318. The van der Waals surface area contributed by atoms with Crippen molar-refractivity contribution in [1.82, 2.24) is 9.99 Å². The molecule has 4 rings (SSSR count). The molecule has 0 aliphatic carbocycles. The van der Waals surface area contributed by atoms with Crippen LogP contribution >= 0.6 is 0 Å². The number of amides is 2. The molecule has 0 bridgehead atoms. The summed E-state index contributed by atoms with van der Waals surface area (Å²) in [5.41, 5.74) is 8.07. The van der Waals surface area contributed by atoms with E-state index in [4.69, 9.17) is 0 Å². The minimum Gasteiger partial charge on any atom is -0.340 e. The van der Waals surface area contributed by atoms with Gasteiger partial charge in [0.15, 0.2) is 0 Å². The maximum absolute atomic E-state index is 12.4. The third-order valence-corrected chi connectivity index (χ3v) is 5.29. The summed E-state index contributed by atoms with van der Waals surface area (Å²) in [4.78, 5) is 23.6. The molecule has 0 atom stereocenters. The quantitative estimate of drug-likeness (QED) is 0.347. The maximum Gasteiger partial charge on any atom is 0.271 e. The van der Waals surface area contributed by atoms with Gasteiger partial charge in [0.1, 0.15) is 0 Å². The van der Waals surface area contributed by atoms with Crippen molar-refractivity contribution < 1.29 is 9.59 Å². The third-order valence-electron chi connectivity index (χ3n) is 5.29. The molecule has 0 radical (unpaired) electrons. The Morgan fingerprint density at radius 2 is 1.62 bits per heavy atom. The van der Waals surface area contributed by atoms with E-state index in [-0.39, 0.29) is 11.8 Å². The van der Waals surface area contributed by atoms with Gasteiger partial charge in [0.25, 0.3) is 5.91 Å². The Labute approximate surface area is 186 Å². The predicted molar refractivity (Wildman–Crippen MR) is 128 cm³/mol. The molecule has 2 N–H and O–H groups in total. The zero-order chi connectivity index (χ0) is 22.5. The summed E-state index contributed by atoms with van der Waals surface area (Å²) in [6, 6.07) is 25.2. The van der Waals surface area contributed by atoms with E-state index in [1.165, 1.54) is 12.5 Å². The van der Waals surface area contributed by atoms with Crippen LogP contribution in [-0.4, -0.2) is 22.6 Å². The first kappa shape index (κ1) is 21.1. The Hall–Kier alpha value is -4.19. The van der Waals surface area contributed by atoms with Gasteiger partial charge in [-0.3, -0.25) is 9.59 Å². The third kappa shape index (κ3) is 4.59. The summed E-state index contributed by atoms with van der Waals surface area (Å²) in [5, 5.41) is 7.97. The van der Waals surface area contributed by atoms with Gasteiger partial charge in [-0.2, -0.15) is 5.10 Å². The second-order valence-corrected chi connectivity index (χ2v) is 7.55. The first-order valence-electron chi connectivity index (χ1n) is 10.4. The lowest BCUT2D eigenvalue weighted by Gasteiger charge is -2.08. The smallest absolute Gasteiger partial charge is 0.271 e. The molecule has 1 aromatic heterocycles. The van der Waals surface area contributed by atoms with Crippen LogP contribution in [-0.2, 0) is 11.3 Å². The Morgan fingerprint density at radius 3 is 2.34 bits per heavy atom. The van der Waals surface area contributed by atoms with E-state index >= 15 is 0 Å². The van der Waals surface area contributed by atoms with E-state index < -0.39 is 0 Å². The molecule has 4 aromatic rings. The van der Waals surface area contributed by atoms with Crippen LogP contribution in [0.5, 0.6) is 0 Å². The number of rotatable bonds is 6. The number of aromatic nitrogens is 1. The van der Waals surface area contributed by atoms with E-state index in [9.17, 15) is 9.59 Å². The van der Waals surface area contributed by atoms with Crippen molar-refractivity contribution in [2.24, 2.45) is 5.10 Å². The summed E-state index contributed by atoms with van der Waals surface area (Å²) < 4.78 is 2.26. The average molecular weight is 425 g/mol. The Morgan fingerprint density at radius 1 is 0.938 bits per heavy atom. The highest BCUT2D eigenvalue weighted by Gasteiger charge is 2.13. The maximum atomic E-state index is 12.4.